The zero-order chi connectivity index (χ0) is 19.3. The van der Waals surface area contributed by atoms with Crippen molar-refractivity contribution in [3.63, 3.8) is 0 Å². The van der Waals surface area contributed by atoms with Gasteiger partial charge in [-0.25, -0.2) is 0 Å². The molecule has 2 rings (SSSR count). The second kappa shape index (κ2) is 7.68. The zero-order valence-electron chi connectivity index (χ0n) is 13.1. The first-order chi connectivity index (χ1) is 12.2. The first-order valence-electron chi connectivity index (χ1n) is 7.25. The number of benzene rings is 1. The maximum absolute atomic E-state index is 12.6. The number of carbonyl (C=O) groups is 1. The van der Waals surface area contributed by atoms with Gasteiger partial charge in [-0.15, -0.1) is 0 Å². The molecule has 1 heterocycles. The van der Waals surface area contributed by atoms with Crippen LogP contribution in [-0.2, 0) is 6.18 Å². The summed E-state index contributed by atoms with van der Waals surface area (Å²) in [7, 11) is 0. The summed E-state index contributed by atoms with van der Waals surface area (Å²) in [5, 5.41) is 16.0. The average Bonchev–Trinajstić information content (AvgIpc) is 2.58. The maximum Gasteiger partial charge on any atom is 0.416 e. The molecule has 26 heavy (non-hydrogen) atoms. The Morgan fingerprint density at radius 1 is 1.23 bits per heavy atom. The van der Waals surface area contributed by atoms with Gasteiger partial charge in [0.25, 0.3) is 17.2 Å². The highest BCUT2D eigenvalue weighted by Gasteiger charge is 2.32. The summed E-state index contributed by atoms with van der Waals surface area (Å²) in [6.45, 7) is -0.00593. The van der Waals surface area contributed by atoms with Gasteiger partial charge in [-0.3, -0.25) is 19.7 Å². The van der Waals surface area contributed by atoms with Crippen LogP contribution in [0.4, 0.5) is 24.5 Å². The van der Waals surface area contributed by atoms with E-state index in [0.717, 1.165) is 12.1 Å². The predicted molar refractivity (Wildman–Crippen MR) is 86.0 cm³/mol. The van der Waals surface area contributed by atoms with Crippen LogP contribution in [0.5, 0.6) is 0 Å². The van der Waals surface area contributed by atoms with Crippen molar-refractivity contribution >= 4 is 17.3 Å². The van der Waals surface area contributed by atoms with E-state index in [1.807, 2.05) is 0 Å². The molecule has 0 radical (unpaired) electrons. The van der Waals surface area contributed by atoms with E-state index in [9.17, 15) is 32.9 Å². The lowest BCUT2D eigenvalue weighted by atomic mass is 10.1. The number of pyridine rings is 1. The van der Waals surface area contributed by atoms with Crippen molar-refractivity contribution in [3.05, 3.63) is 68.1 Å². The fraction of sp³-hybridized carbons (Fsp3) is 0.200. The predicted octanol–water partition coefficient (Wildman–Crippen LogP) is 2.14. The van der Waals surface area contributed by atoms with Gasteiger partial charge in [-0.2, -0.15) is 13.2 Å². The minimum atomic E-state index is -4.69. The molecule has 138 valence electrons. The monoisotopic (exact) mass is 370 g/mol. The fourth-order valence-corrected chi connectivity index (χ4v) is 2.08. The molecule has 3 N–H and O–H groups in total. The van der Waals surface area contributed by atoms with Crippen molar-refractivity contribution in [2.75, 3.05) is 18.4 Å². The molecule has 2 aromatic rings. The maximum atomic E-state index is 12.6. The number of nitro groups is 1. The smallest absolute Gasteiger partial charge is 0.378 e. The van der Waals surface area contributed by atoms with Gasteiger partial charge >= 0.3 is 6.18 Å². The summed E-state index contributed by atoms with van der Waals surface area (Å²) in [5.74, 6) is -0.643. The molecule has 0 unspecified atom stereocenters. The molecule has 0 saturated heterocycles. The number of hydrogen-bond acceptors (Lipinski definition) is 5. The third-order valence-corrected chi connectivity index (χ3v) is 3.31. The number of hydrogen-bond donors (Lipinski definition) is 3. The molecular formula is C15H13F3N4O4. The van der Waals surface area contributed by atoms with Gasteiger partial charge in [0.2, 0.25) is 0 Å². The molecule has 0 aliphatic heterocycles. The minimum absolute atomic E-state index is 0.00266. The number of carbonyl (C=O) groups excluding carboxylic acids is 1. The number of amides is 1. The lowest BCUT2D eigenvalue weighted by Crippen LogP contribution is -2.32. The number of rotatable bonds is 6. The summed E-state index contributed by atoms with van der Waals surface area (Å²) in [5.41, 5.74) is -2.66. The molecule has 1 aromatic heterocycles. The Bertz CT molecular complexity index is 880. The van der Waals surface area contributed by atoms with Crippen LogP contribution in [0.1, 0.15) is 15.9 Å². The van der Waals surface area contributed by atoms with E-state index in [0.29, 0.717) is 6.07 Å². The van der Waals surface area contributed by atoms with Gasteiger partial charge in [-0.1, -0.05) is 0 Å². The van der Waals surface area contributed by atoms with Crippen molar-refractivity contribution < 1.29 is 22.9 Å². The van der Waals surface area contributed by atoms with Crippen LogP contribution in [0.25, 0.3) is 0 Å². The van der Waals surface area contributed by atoms with Gasteiger partial charge in [0.1, 0.15) is 11.3 Å². The van der Waals surface area contributed by atoms with Crippen molar-refractivity contribution in [2.24, 2.45) is 0 Å². The summed E-state index contributed by atoms with van der Waals surface area (Å²) >= 11 is 0. The van der Waals surface area contributed by atoms with E-state index in [1.165, 1.54) is 18.3 Å². The van der Waals surface area contributed by atoms with E-state index in [2.05, 4.69) is 15.6 Å². The van der Waals surface area contributed by atoms with Gasteiger partial charge < -0.3 is 15.6 Å². The molecule has 0 saturated carbocycles. The number of aromatic nitrogens is 1. The van der Waals surface area contributed by atoms with Gasteiger partial charge in [0.05, 0.1) is 10.5 Å². The normalized spacial score (nSPS) is 11.0. The minimum Gasteiger partial charge on any atom is -0.378 e. The molecule has 1 amide bonds. The molecule has 0 spiro atoms. The quantitative estimate of drug-likeness (QED) is 0.409. The Morgan fingerprint density at radius 2 is 1.96 bits per heavy atom. The Balaban J connectivity index is 1.99. The standard InChI is InChI=1S/C15H13F3N4O4/c16-15(17,18)9-3-4-11(12(8-9)22(25)26)19-6-7-21-14(24)10-2-1-5-20-13(10)23/h1-5,8,19H,6-7H2,(H,20,23)(H,21,24). The largest absolute Gasteiger partial charge is 0.416 e. The van der Waals surface area contributed by atoms with E-state index in [4.69, 9.17) is 0 Å². The van der Waals surface area contributed by atoms with Crippen LogP contribution < -0.4 is 16.2 Å². The highest BCUT2D eigenvalue weighted by Crippen LogP contribution is 2.34. The van der Waals surface area contributed by atoms with E-state index >= 15 is 0 Å². The van der Waals surface area contributed by atoms with E-state index in [-0.39, 0.29) is 24.3 Å². The third-order valence-electron chi connectivity index (χ3n) is 3.31. The number of nitrogens with one attached hydrogen (secondary N) is 3. The lowest BCUT2D eigenvalue weighted by Gasteiger charge is -2.11. The van der Waals surface area contributed by atoms with E-state index < -0.39 is 33.8 Å². The number of halogens is 3. The number of nitrogens with zero attached hydrogens (tertiary/aromatic N) is 1. The van der Waals surface area contributed by atoms with Crippen LogP contribution in [0.15, 0.2) is 41.3 Å². The molecule has 0 bridgehead atoms. The molecular weight excluding hydrogens is 357 g/mol. The first-order valence-corrected chi connectivity index (χ1v) is 7.25. The van der Waals surface area contributed by atoms with Crippen molar-refractivity contribution in [1.29, 1.82) is 0 Å². The molecule has 0 fully saturated rings. The van der Waals surface area contributed by atoms with Crippen molar-refractivity contribution in [1.82, 2.24) is 10.3 Å². The first kappa shape index (κ1) is 19.0. The number of alkyl halides is 3. The lowest BCUT2D eigenvalue weighted by molar-refractivity contribution is -0.384. The summed E-state index contributed by atoms with van der Waals surface area (Å²) in [6.07, 6.45) is -3.33. The highest BCUT2D eigenvalue weighted by molar-refractivity contribution is 5.93. The highest BCUT2D eigenvalue weighted by atomic mass is 19.4. The Hall–Kier alpha value is -3.37. The SMILES string of the molecule is O=C(NCCNc1ccc(C(F)(F)F)cc1[N+](=O)[O-])c1ccc[nH]c1=O. The van der Waals surface area contributed by atoms with E-state index in [1.54, 1.807) is 0 Å². The number of aromatic amines is 1. The number of H-pyrrole nitrogens is 1. The summed E-state index contributed by atoms with van der Waals surface area (Å²) < 4.78 is 37.9. The average molecular weight is 370 g/mol. The molecule has 0 aliphatic rings. The van der Waals surface area contributed by atoms with Crippen LogP contribution >= 0.6 is 0 Å². The molecule has 0 atom stereocenters. The van der Waals surface area contributed by atoms with Gasteiger partial charge in [0, 0.05) is 25.4 Å². The Labute approximate surface area is 144 Å². The third kappa shape index (κ3) is 4.59. The Morgan fingerprint density at radius 3 is 2.58 bits per heavy atom. The fourth-order valence-electron chi connectivity index (χ4n) is 2.08. The zero-order valence-corrected chi connectivity index (χ0v) is 13.1. The van der Waals surface area contributed by atoms with Crippen LogP contribution in [0.3, 0.4) is 0 Å². The second-order valence-electron chi connectivity index (χ2n) is 5.08. The molecule has 0 aliphatic carbocycles. The van der Waals surface area contributed by atoms with Gasteiger partial charge in [-0.05, 0) is 24.3 Å². The summed E-state index contributed by atoms with van der Waals surface area (Å²) in [4.78, 5) is 35.6. The van der Waals surface area contributed by atoms with Crippen molar-refractivity contribution in [2.45, 2.75) is 6.18 Å². The van der Waals surface area contributed by atoms with Crippen LogP contribution in [0.2, 0.25) is 0 Å². The number of anilines is 1. The van der Waals surface area contributed by atoms with Gasteiger partial charge in [0.15, 0.2) is 0 Å². The van der Waals surface area contributed by atoms with Crippen LogP contribution in [0, 0.1) is 10.1 Å². The van der Waals surface area contributed by atoms with Crippen LogP contribution in [-0.4, -0.2) is 28.9 Å². The number of nitro benzene ring substituents is 1. The second-order valence-corrected chi connectivity index (χ2v) is 5.08. The molecule has 1 aromatic carbocycles. The van der Waals surface area contributed by atoms with Crippen molar-refractivity contribution in [3.8, 4) is 0 Å². The summed E-state index contributed by atoms with van der Waals surface area (Å²) in [6, 6.07) is 4.90. The molecule has 11 heteroatoms. The Kier molecular flexibility index (Phi) is 5.60. The molecule has 8 nitrogen and oxygen atoms in total. The topological polar surface area (TPSA) is 117 Å².